The van der Waals surface area contributed by atoms with Gasteiger partial charge in [0, 0.05) is 19.0 Å². The van der Waals surface area contributed by atoms with Crippen molar-refractivity contribution in [1.29, 1.82) is 0 Å². The number of hydrogen-bond donors (Lipinski definition) is 2. The highest BCUT2D eigenvalue weighted by molar-refractivity contribution is 5.66. The maximum Gasteiger partial charge on any atom is 0.303 e. The SMILES string of the molecule is CC(CCNCc1cc(F)cc(F)c1)CCC(=O)O. The summed E-state index contributed by atoms with van der Waals surface area (Å²) >= 11 is 0. The van der Waals surface area contributed by atoms with E-state index in [0.717, 1.165) is 12.5 Å². The van der Waals surface area contributed by atoms with Crippen molar-refractivity contribution in [3.8, 4) is 0 Å². The van der Waals surface area contributed by atoms with Gasteiger partial charge in [0.05, 0.1) is 0 Å². The zero-order valence-electron chi connectivity index (χ0n) is 11.0. The highest BCUT2D eigenvalue weighted by Gasteiger charge is 2.05. The molecule has 5 heteroatoms. The van der Waals surface area contributed by atoms with Crippen LogP contribution < -0.4 is 5.32 Å². The Morgan fingerprint density at radius 3 is 2.47 bits per heavy atom. The van der Waals surface area contributed by atoms with E-state index in [4.69, 9.17) is 5.11 Å². The predicted octanol–water partition coefficient (Wildman–Crippen LogP) is 2.95. The first-order valence-electron chi connectivity index (χ1n) is 6.35. The molecule has 0 saturated carbocycles. The third kappa shape index (κ3) is 6.86. The first-order chi connectivity index (χ1) is 8.97. The third-order valence-corrected chi connectivity index (χ3v) is 2.92. The Morgan fingerprint density at radius 1 is 1.26 bits per heavy atom. The molecule has 0 amide bonds. The standard InChI is InChI=1S/C14H19F2NO2/c1-10(2-3-14(18)19)4-5-17-9-11-6-12(15)8-13(16)7-11/h6-8,10,17H,2-5,9H2,1H3,(H,18,19). The summed E-state index contributed by atoms with van der Waals surface area (Å²) in [5.41, 5.74) is 0.565. The summed E-state index contributed by atoms with van der Waals surface area (Å²) in [6, 6.07) is 3.44. The van der Waals surface area contributed by atoms with Crippen molar-refractivity contribution in [3.63, 3.8) is 0 Å². The molecule has 0 aliphatic rings. The molecule has 1 unspecified atom stereocenters. The Balaban J connectivity index is 2.21. The minimum atomic E-state index is -0.782. The van der Waals surface area contributed by atoms with Crippen LogP contribution in [0.4, 0.5) is 8.78 Å². The minimum absolute atomic E-state index is 0.177. The lowest BCUT2D eigenvalue weighted by atomic mass is 10.0. The molecule has 1 atom stereocenters. The van der Waals surface area contributed by atoms with Crippen molar-refractivity contribution in [2.24, 2.45) is 5.92 Å². The van der Waals surface area contributed by atoms with Gasteiger partial charge < -0.3 is 10.4 Å². The van der Waals surface area contributed by atoms with Crippen molar-refractivity contribution in [2.45, 2.75) is 32.7 Å². The van der Waals surface area contributed by atoms with Crippen LogP contribution in [0.2, 0.25) is 0 Å². The monoisotopic (exact) mass is 271 g/mol. The quantitative estimate of drug-likeness (QED) is 0.715. The second kappa shape index (κ2) is 7.84. The zero-order valence-corrected chi connectivity index (χ0v) is 11.0. The highest BCUT2D eigenvalue weighted by atomic mass is 19.1. The molecule has 1 aromatic carbocycles. The Morgan fingerprint density at radius 2 is 1.89 bits per heavy atom. The van der Waals surface area contributed by atoms with Crippen LogP contribution in [0.25, 0.3) is 0 Å². The summed E-state index contributed by atoms with van der Waals surface area (Å²) in [5, 5.41) is 11.6. The van der Waals surface area contributed by atoms with Gasteiger partial charge in [-0.2, -0.15) is 0 Å². The molecule has 1 rings (SSSR count). The van der Waals surface area contributed by atoms with Crippen LogP contribution in [0.1, 0.15) is 31.7 Å². The van der Waals surface area contributed by atoms with Gasteiger partial charge >= 0.3 is 5.97 Å². The van der Waals surface area contributed by atoms with Gasteiger partial charge in [-0.05, 0) is 43.0 Å². The van der Waals surface area contributed by atoms with E-state index in [0.29, 0.717) is 31.0 Å². The van der Waals surface area contributed by atoms with Crippen LogP contribution in [0.3, 0.4) is 0 Å². The van der Waals surface area contributed by atoms with E-state index in [1.165, 1.54) is 12.1 Å². The first-order valence-corrected chi connectivity index (χ1v) is 6.35. The van der Waals surface area contributed by atoms with Gasteiger partial charge in [0.15, 0.2) is 0 Å². The van der Waals surface area contributed by atoms with Crippen molar-refractivity contribution >= 4 is 5.97 Å². The van der Waals surface area contributed by atoms with Crippen LogP contribution in [-0.4, -0.2) is 17.6 Å². The minimum Gasteiger partial charge on any atom is -0.481 e. The number of halogens is 2. The number of nitrogens with one attached hydrogen (secondary N) is 1. The molecule has 0 heterocycles. The van der Waals surface area contributed by atoms with E-state index < -0.39 is 17.6 Å². The Hall–Kier alpha value is -1.49. The predicted molar refractivity (Wildman–Crippen MR) is 68.7 cm³/mol. The molecular formula is C14H19F2NO2. The average molecular weight is 271 g/mol. The molecule has 1 aromatic rings. The van der Waals surface area contributed by atoms with Gasteiger partial charge in [0.2, 0.25) is 0 Å². The van der Waals surface area contributed by atoms with Gasteiger partial charge in [-0.25, -0.2) is 8.78 Å². The van der Waals surface area contributed by atoms with Gasteiger partial charge in [-0.3, -0.25) is 4.79 Å². The van der Waals surface area contributed by atoms with E-state index in [9.17, 15) is 13.6 Å². The molecule has 19 heavy (non-hydrogen) atoms. The molecule has 0 fully saturated rings. The van der Waals surface area contributed by atoms with E-state index in [1.807, 2.05) is 6.92 Å². The van der Waals surface area contributed by atoms with E-state index in [1.54, 1.807) is 0 Å². The topological polar surface area (TPSA) is 49.3 Å². The Labute approximate surface area is 111 Å². The fourth-order valence-corrected chi connectivity index (χ4v) is 1.81. The second-order valence-corrected chi connectivity index (χ2v) is 4.78. The Bertz CT molecular complexity index is 404. The normalized spacial score (nSPS) is 12.4. The summed E-state index contributed by atoms with van der Waals surface area (Å²) in [6.45, 7) is 3.09. The number of carboxylic acids is 1. The number of carbonyl (C=O) groups is 1. The maximum absolute atomic E-state index is 12.9. The summed E-state index contributed by atoms with van der Waals surface area (Å²) < 4.78 is 25.8. The smallest absolute Gasteiger partial charge is 0.303 e. The fourth-order valence-electron chi connectivity index (χ4n) is 1.81. The number of rotatable bonds is 8. The molecule has 2 N–H and O–H groups in total. The fraction of sp³-hybridized carbons (Fsp3) is 0.500. The summed E-state index contributed by atoms with van der Waals surface area (Å²) in [5.74, 6) is -1.62. The van der Waals surface area contributed by atoms with E-state index >= 15 is 0 Å². The third-order valence-electron chi connectivity index (χ3n) is 2.92. The molecule has 0 spiro atoms. The summed E-state index contributed by atoms with van der Waals surface area (Å²) in [4.78, 5) is 10.4. The molecule has 106 valence electrons. The molecule has 0 aromatic heterocycles. The molecule has 0 aliphatic carbocycles. The summed E-state index contributed by atoms with van der Waals surface area (Å²) in [7, 11) is 0. The summed E-state index contributed by atoms with van der Waals surface area (Å²) in [6.07, 6.45) is 1.66. The van der Waals surface area contributed by atoms with E-state index in [2.05, 4.69) is 5.32 Å². The lowest BCUT2D eigenvalue weighted by Gasteiger charge is -2.10. The number of benzene rings is 1. The van der Waals surface area contributed by atoms with Crippen LogP contribution in [0.5, 0.6) is 0 Å². The van der Waals surface area contributed by atoms with Crippen LogP contribution >= 0.6 is 0 Å². The number of hydrogen-bond acceptors (Lipinski definition) is 2. The van der Waals surface area contributed by atoms with Crippen molar-refractivity contribution in [3.05, 3.63) is 35.4 Å². The second-order valence-electron chi connectivity index (χ2n) is 4.78. The number of carboxylic acid groups (broad SMARTS) is 1. The van der Waals surface area contributed by atoms with Crippen LogP contribution in [-0.2, 0) is 11.3 Å². The Kier molecular flexibility index (Phi) is 6.42. The molecule has 0 bridgehead atoms. The lowest BCUT2D eigenvalue weighted by molar-refractivity contribution is -0.137. The molecular weight excluding hydrogens is 252 g/mol. The van der Waals surface area contributed by atoms with Crippen LogP contribution in [0, 0.1) is 17.6 Å². The van der Waals surface area contributed by atoms with Crippen LogP contribution in [0.15, 0.2) is 18.2 Å². The largest absolute Gasteiger partial charge is 0.481 e. The zero-order chi connectivity index (χ0) is 14.3. The van der Waals surface area contributed by atoms with Crippen molar-refractivity contribution in [2.75, 3.05) is 6.54 Å². The van der Waals surface area contributed by atoms with Crippen molar-refractivity contribution in [1.82, 2.24) is 5.32 Å². The van der Waals surface area contributed by atoms with Gasteiger partial charge in [-0.15, -0.1) is 0 Å². The molecule has 0 aliphatic heterocycles. The number of aliphatic carboxylic acids is 1. The molecule has 3 nitrogen and oxygen atoms in total. The molecule has 0 radical (unpaired) electrons. The van der Waals surface area contributed by atoms with Crippen molar-refractivity contribution < 1.29 is 18.7 Å². The van der Waals surface area contributed by atoms with Gasteiger partial charge in [0.1, 0.15) is 11.6 Å². The average Bonchev–Trinajstić information content (AvgIpc) is 2.31. The lowest BCUT2D eigenvalue weighted by Crippen LogP contribution is -2.17. The molecule has 0 saturated heterocycles. The maximum atomic E-state index is 12.9. The van der Waals surface area contributed by atoms with Gasteiger partial charge in [0.25, 0.3) is 0 Å². The van der Waals surface area contributed by atoms with Gasteiger partial charge in [-0.1, -0.05) is 6.92 Å². The highest BCUT2D eigenvalue weighted by Crippen LogP contribution is 2.10. The van der Waals surface area contributed by atoms with E-state index in [-0.39, 0.29) is 6.42 Å². The first kappa shape index (κ1) is 15.6.